The van der Waals surface area contributed by atoms with Crippen LogP contribution in [0, 0.1) is 30.6 Å². The Morgan fingerprint density at radius 1 is 1.07 bits per heavy atom. The zero-order valence-corrected chi connectivity index (χ0v) is 26.2. The molecule has 0 aromatic heterocycles. The zero-order chi connectivity index (χ0) is 28.8. The minimum absolute atomic E-state index is 0.0793. The number of rotatable bonds is 5. The van der Waals surface area contributed by atoms with Crippen LogP contribution in [0.2, 0.25) is 5.02 Å². The topological polar surface area (TPSA) is 70.1 Å². The number of hydrogen-bond acceptors (Lipinski definition) is 5. The van der Waals surface area contributed by atoms with Crippen molar-refractivity contribution in [1.82, 2.24) is 0 Å². The Morgan fingerprint density at radius 3 is 2.40 bits per heavy atom. The molecule has 1 atom stereocenters. The zero-order valence-electron chi connectivity index (χ0n) is 23.0. The number of hydrogen-bond donors (Lipinski definition) is 1. The van der Waals surface area contributed by atoms with Gasteiger partial charge in [-0.15, -0.1) is 11.8 Å². The average Bonchev–Trinajstić information content (AvgIpc) is 2.89. The van der Waals surface area contributed by atoms with Gasteiger partial charge in [0.25, 0.3) is 0 Å². The first-order valence-electron chi connectivity index (χ1n) is 13.2. The van der Waals surface area contributed by atoms with E-state index in [1.807, 2.05) is 53.4 Å². The molecule has 0 bridgehead atoms. The molecule has 1 aliphatic heterocycles. The third-order valence-corrected chi connectivity index (χ3v) is 9.55. The number of allylic oxidation sites excluding steroid dienone is 3. The minimum atomic E-state index is -0.504. The molecular weight excluding hydrogens is 602 g/mol. The van der Waals surface area contributed by atoms with Gasteiger partial charge in [0, 0.05) is 43.5 Å². The van der Waals surface area contributed by atoms with E-state index in [0.717, 1.165) is 43.2 Å². The van der Waals surface area contributed by atoms with Gasteiger partial charge in [0.1, 0.15) is 5.82 Å². The van der Waals surface area contributed by atoms with Crippen LogP contribution in [0.1, 0.15) is 54.9 Å². The van der Waals surface area contributed by atoms with Crippen LogP contribution in [0.3, 0.4) is 0 Å². The lowest BCUT2D eigenvalue weighted by molar-refractivity contribution is -0.118. The molecule has 1 heterocycles. The van der Waals surface area contributed by atoms with Crippen molar-refractivity contribution in [2.24, 2.45) is 11.1 Å². The molecule has 3 aromatic rings. The summed E-state index contributed by atoms with van der Waals surface area (Å²) >= 11 is 11.3. The normalized spacial score (nSPS) is 18.6. The number of nitriles is 1. The van der Waals surface area contributed by atoms with Crippen molar-refractivity contribution in [3.05, 3.63) is 115 Å². The Bertz CT molecular complexity index is 1600. The van der Waals surface area contributed by atoms with E-state index in [0.29, 0.717) is 34.8 Å². The lowest BCUT2D eigenvalue weighted by Gasteiger charge is -2.44. The molecule has 1 unspecified atom stereocenters. The van der Waals surface area contributed by atoms with Crippen LogP contribution >= 0.6 is 39.3 Å². The Kier molecular flexibility index (Phi) is 7.94. The van der Waals surface area contributed by atoms with Gasteiger partial charge in [-0.25, -0.2) is 0 Å². The predicted molar refractivity (Wildman–Crippen MR) is 168 cm³/mol. The standard InChI is InChI=1S/C33H31BrClN3OS/c1-19-13-20(2)26(14-21(19)18-40-25-11-7-23(35)8-12-25)30-27(17-36)32(37)38(24-9-5-22(34)6-10-24)28-15-33(3,4)16-29(39)31(28)30/h5-14,30H,15-16,18,37H2,1-4H3. The second-order valence-corrected chi connectivity index (χ2v) is 13.7. The summed E-state index contributed by atoms with van der Waals surface area (Å²) in [5.41, 5.74) is 13.8. The molecule has 0 radical (unpaired) electrons. The molecule has 0 saturated heterocycles. The van der Waals surface area contributed by atoms with Crippen molar-refractivity contribution < 1.29 is 4.79 Å². The van der Waals surface area contributed by atoms with Crippen LogP contribution in [-0.4, -0.2) is 5.78 Å². The SMILES string of the molecule is Cc1cc(C)c(C2C(C#N)=C(N)N(c3ccc(Br)cc3)C3=C2C(=O)CC(C)(C)C3)cc1CSc1ccc(Cl)cc1. The van der Waals surface area contributed by atoms with Crippen LogP contribution in [0.15, 0.2) is 92.7 Å². The van der Waals surface area contributed by atoms with Gasteiger partial charge in [0.05, 0.1) is 17.6 Å². The van der Waals surface area contributed by atoms with Crippen molar-refractivity contribution in [2.75, 3.05) is 4.90 Å². The summed E-state index contributed by atoms with van der Waals surface area (Å²) in [6, 6.07) is 22.4. The number of aryl methyl sites for hydroxylation is 2. The lowest BCUT2D eigenvalue weighted by Crippen LogP contribution is -2.42. The monoisotopic (exact) mass is 631 g/mol. The van der Waals surface area contributed by atoms with E-state index in [1.165, 1.54) is 5.56 Å². The van der Waals surface area contributed by atoms with Crippen molar-refractivity contribution in [3.8, 4) is 6.07 Å². The molecule has 4 nitrogen and oxygen atoms in total. The van der Waals surface area contributed by atoms with Crippen LogP contribution in [-0.2, 0) is 10.5 Å². The van der Waals surface area contributed by atoms with Gasteiger partial charge in [-0.1, -0.05) is 53.5 Å². The summed E-state index contributed by atoms with van der Waals surface area (Å²) in [6.07, 6.45) is 1.11. The summed E-state index contributed by atoms with van der Waals surface area (Å²) < 4.78 is 0.947. The summed E-state index contributed by atoms with van der Waals surface area (Å²) in [4.78, 5) is 17.0. The molecule has 5 rings (SSSR count). The molecule has 3 aromatic carbocycles. The molecule has 7 heteroatoms. The number of Topliss-reactive ketones (excluding diaryl/α,β-unsaturated/α-hetero) is 1. The molecule has 0 saturated carbocycles. The number of ketones is 1. The van der Waals surface area contributed by atoms with E-state index in [9.17, 15) is 10.1 Å². The Labute approximate surface area is 254 Å². The molecule has 0 fully saturated rings. The third-order valence-electron chi connectivity index (χ3n) is 7.71. The molecule has 0 amide bonds. The highest BCUT2D eigenvalue weighted by molar-refractivity contribution is 9.10. The summed E-state index contributed by atoms with van der Waals surface area (Å²) in [7, 11) is 0. The molecule has 2 aliphatic rings. The van der Waals surface area contributed by atoms with Crippen LogP contribution in [0.4, 0.5) is 5.69 Å². The van der Waals surface area contributed by atoms with Crippen molar-refractivity contribution >= 4 is 50.8 Å². The van der Waals surface area contributed by atoms with Gasteiger partial charge < -0.3 is 5.73 Å². The highest BCUT2D eigenvalue weighted by Crippen LogP contribution is 2.51. The molecular formula is C33H31BrClN3OS. The quantitative estimate of drug-likeness (QED) is 0.284. The van der Waals surface area contributed by atoms with Crippen LogP contribution in [0.5, 0.6) is 0 Å². The number of thioether (sulfide) groups is 1. The predicted octanol–water partition coefficient (Wildman–Crippen LogP) is 8.95. The fourth-order valence-corrected chi connectivity index (χ4v) is 7.13. The smallest absolute Gasteiger partial charge is 0.162 e. The number of halogens is 2. The van der Waals surface area contributed by atoms with Crippen molar-refractivity contribution in [2.45, 2.75) is 57.1 Å². The van der Waals surface area contributed by atoms with Crippen LogP contribution < -0.4 is 10.6 Å². The lowest BCUT2D eigenvalue weighted by atomic mass is 9.68. The number of anilines is 1. The molecule has 0 spiro atoms. The Hall–Kier alpha value is -2.98. The second kappa shape index (κ2) is 11.1. The first-order valence-corrected chi connectivity index (χ1v) is 15.3. The number of nitrogens with two attached hydrogens (primary N) is 1. The van der Waals surface area contributed by atoms with E-state index in [-0.39, 0.29) is 11.2 Å². The van der Waals surface area contributed by atoms with E-state index in [4.69, 9.17) is 17.3 Å². The van der Waals surface area contributed by atoms with Gasteiger partial charge in [-0.2, -0.15) is 5.26 Å². The summed E-state index contributed by atoms with van der Waals surface area (Å²) in [6.45, 7) is 8.40. The molecule has 2 N–H and O–H groups in total. The van der Waals surface area contributed by atoms with Crippen LogP contribution in [0.25, 0.3) is 0 Å². The third kappa shape index (κ3) is 5.48. The number of benzene rings is 3. The fraction of sp³-hybridized carbons (Fsp3) is 0.273. The van der Waals surface area contributed by atoms with E-state index >= 15 is 0 Å². The van der Waals surface area contributed by atoms with Gasteiger partial charge >= 0.3 is 0 Å². The number of carbonyl (C=O) groups excluding carboxylic acids is 1. The average molecular weight is 633 g/mol. The first-order chi connectivity index (χ1) is 19.0. The molecule has 204 valence electrons. The molecule has 40 heavy (non-hydrogen) atoms. The van der Waals surface area contributed by atoms with Gasteiger partial charge in [0.15, 0.2) is 5.78 Å². The first kappa shape index (κ1) is 28.5. The number of nitrogens with zero attached hydrogens (tertiary/aromatic N) is 2. The van der Waals surface area contributed by atoms with E-state index in [1.54, 1.807) is 11.8 Å². The van der Waals surface area contributed by atoms with E-state index in [2.05, 4.69) is 61.8 Å². The molecule has 1 aliphatic carbocycles. The second-order valence-electron chi connectivity index (χ2n) is 11.3. The van der Waals surface area contributed by atoms with Gasteiger partial charge in [0.2, 0.25) is 0 Å². The maximum atomic E-state index is 13.9. The maximum Gasteiger partial charge on any atom is 0.162 e. The highest BCUT2D eigenvalue weighted by atomic mass is 79.9. The van der Waals surface area contributed by atoms with E-state index < -0.39 is 5.92 Å². The largest absolute Gasteiger partial charge is 0.384 e. The number of carbonyl (C=O) groups is 1. The van der Waals surface area contributed by atoms with Gasteiger partial charge in [-0.3, -0.25) is 9.69 Å². The summed E-state index contributed by atoms with van der Waals surface area (Å²) in [5.74, 6) is 0.717. The van der Waals surface area contributed by atoms with Crippen molar-refractivity contribution in [1.29, 1.82) is 5.26 Å². The highest BCUT2D eigenvalue weighted by Gasteiger charge is 2.45. The summed E-state index contributed by atoms with van der Waals surface area (Å²) in [5, 5.41) is 11.2. The minimum Gasteiger partial charge on any atom is -0.384 e. The fourth-order valence-electron chi connectivity index (χ4n) is 5.78. The Balaban J connectivity index is 1.65. The van der Waals surface area contributed by atoms with Crippen molar-refractivity contribution in [3.63, 3.8) is 0 Å². The Morgan fingerprint density at radius 2 is 1.75 bits per heavy atom. The van der Waals surface area contributed by atoms with Gasteiger partial charge in [-0.05, 0) is 96.5 Å². The maximum absolute atomic E-state index is 13.9.